The van der Waals surface area contributed by atoms with E-state index in [4.69, 9.17) is 24.2 Å². The van der Waals surface area contributed by atoms with Crippen molar-refractivity contribution in [2.45, 2.75) is 54.0 Å². The quantitative estimate of drug-likeness (QED) is 0.0890. The molecule has 1 aliphatic rings. The lowest BCUT2D eigenvalue weighted by molar-refractivity contribution is -0.132. The summed E-state index contributed by atoms with van der Waals surface area (Å²) in [6, 6.07) is 13.7. The van der Waals surface area contributed by atoms with Gasteiger partial charge in [-0.1, -0.05) is 37.3 Å². The van der Waals surface area contributed by atoms with E-state index in [-0.39, 0.29) is 17.0 Å². The Kier molecular flexibility index (Phi) is 8.92. The first-order chi connectivity index (χ1) is 22.6. The van der Waals surface area contributed by atoms with E-state index in [1.54, 1.807) is 18.2 Å². The Balaban J connectivity index is 1.54. The summed E-state index contributed by atoms with van der Waals surface area (Å²) in [5.74, 6) is 0.202. The van der Waals surface area contributed by atoms with E-state index in [9.17, 15) is 14.7 Å². The molecule has 3 aromatic heterocycles. The van der Waals surface area contributed by atoms with Crippen molar-refractivity contribution in [2.24, 2.45) is 5.92 Å². The number of aliphatic hydroxyl groups is 1. The number of rotatable bonds is 11. The molecule has 1 unspecified atom stereocenters. The fourth-order valence-electron chi connectivity index (χ4n) is 5.76. The van der Waals surface area contributed by atoms with Crippen LogP contribution in [-0.4, -0.2) is 51.0 Å². The number of nitrogens with zero attached hydrogens (tertiary/aromatic N) is 4. The van der Waals surface area contributed by atoms with Gasteiger partial charge in [-0.3, -0.25) is 14.5 Å². The molecule has 47 heavy (non-hydrogen) atoms. The molecule has 1 N–H and O–H groups in total. The van der Waals surface area contributed by atoms with E-state index in [1.807, 2.05) is 68.6 Å². The second-order valence-corrected chi connectivity index (χ2v) is 12.8. The molecule has 1 atom stereocenters. The number of ether oxygens (including phenoxy) is 3. The number of hydrogen-bond acceptors (Lipinski definition) is 9. The lowest BCUT2D eigenvalue weighted by atomic mass is 9.96. The summed E-state index contributed by atoms with van der Waals surface area (Å²) in [7, 11) is 0. The van der Waals surface area contributed by atoms with Gasteiger partial charge in [0.25, 0.3) is 5.78 Å². The molecular formula is C36H38N4O6S. The van der Waals surface area contributed by atoms with Crippen LogP contribution in [0, 0.1) is 19.8 Å². The number of carbonyl (C=O) groups is 2. The number of amides is 1. The van der Waals surface area contributed by atoms with Gasteiger partial charge in [-0.25, -0.2) is 9.97 Å². The predicted molar refractivity (Wildman–Crippen MR) is 183 cm³/mol. The van der Waals surface area contributed by atoms with Gasteiger partial charge in [0, 0.05) is 6.20 Å². The fourth-order valence-corrected chi connectivity index (χ4v) is 6.78. The molecule has 2 aromatic carbocycles. The Bertz CT molecular complexity index is 2030. The van der Waals surface area contributed by atoms with Crippen LogP contribution in [-0.2, 0) is 9.59 Å². The molecule has 1 amide bonds. The summed E-state index contributed by atoms with van der Waals surface area (Å²) in [5.41, 5.74) is 3.55. The van der Waals surface area contributed by atoms with Crippen molar-refractivity contribution in [1.82, 2.24) is 14.4 Å². The van der Waals surface area contributed by atoms with Crippen LogP contribution in [0.5, 0.6) is 17.2 Å². The van der Waals surface area contributed by atoms with Gasteiger partial charge in [0.15, 0.2) is 22.4 Å². The minimum atomic E-state index is -1.02. The van der Waals surface area contributed by atoms with Gasteiger partial charge in [-0.05, 0) is 87.6 Å². The summed E-state index contributed by atoms with van der Waals surface area (Å²) in [4.78, 5) is 38.8. The monoisotopic (exact) mass is 654 g/mol. The van der Waals surface area contributed by atoms with Crippen LogP contribution < -0.4 is 19.1 Å². The van der Waals surface area contributed by atoms with Crippen LogP contribution in [0.3, 0.4) is 0 Å². The summed E-state index contributed by atoms with van der Waals surface area (Å²) in [5, 5.41) is 12.2. The summed E-state index contributed by atoms with van der Waals surface area (Å²) < 4.78 is 20.4. The van der Waals surface area contributed by atoms with Crippen LogP contribution in [0.1, 0.15) is 62.7 Å². The first-order valence-corrected chi connectivity index (χ1v) is 16.6. The van der Waals surface area contributed by atoms with Crippen molar-refractivity contribution in [3.63, 3.8) is 0 Å². The molecule has 11 heteroatoms. The third kappa shape index (κ3) is 5.91. The van der Waals surface area contributed by atoms with Gasteiger partial charge < -0.3 is 23.7 Å². The molecule has 5 aromatic rings. The second-order valence-electron chi connectivity index (χ2n) is 11.8. The highest BCUT2D eigenvalue weighted by Gasteiger charge is 2.49. The van der Waals surface area contributed by atoms with Crippen molar-refractivity contribution in [2.75, 3.05) is 24.7 Å². The molecule has 0 aliphatic carbocycles. The Hall–Kier alpha value is -4.90. The van der Waals surface area contributed by atoms with Gasteiger partial charge in [-0.15, -0.1) is 0 Å². The zero-order valence-electron chi connectivity index (χ0n) is 27.4. The number of imidazole rings is 1. The number of thiazole rings is 1. The molecule has 1 aliphatic heterocycles. The van der Waals surface area contributed by atoms with Crippen LogP contribution in [0.25, 0.3) is 21.6 Å². The third-order valence-corrected chi connectivity index (χ3v) is 9.17. The standard InChI is InChI=1S/C36H38N4O6S/c1-7-44-24-12-13-25-28(19-24)47-36(37-25)40-31(23-11-14-26(27(18-23)45-8-2)46-17-15-20(3)4)29(33(42)35(40)43)32(41)30-22(6)39-16-9-10-21(5)34(39)38-30/h9-14,16,18-20,31,41H,7-8,15,17H2,1-6H3/b32-29+. The number of carbonyl (C=O) groups excluding carboxylic acids is 2. The number of anilines is 1. The molecule has 1 fully saturated rings. The maximum absolute atomic E-state index is 14.0. The maximum atomic E-state index is 14.0. The minimum absolute atomic E-state index is 0.0793. The molecule has 1 saturated heterocycles. The van der Waals surface area contributed by atoms with Gasteiger partial charge >= 0.3 is 5.91 Å². The van der Waals surface area contributed by atoms with Gasteiger partial charge in [0.05, 0.1) is 47.3 Å². The lowest BCUT2D eigenvalue weighted by Crippen LogP contribution is -2.29. The third-order valence-electron chi connectivity index (χ3n) is 8.15. The van der Waals surface area contributed by atoms with Crippen molar-refractivity contribution in [3.05, 3.63) is 82.8 Å². The highest BCUT2D eigenvalue weighted by Crippen LogP contribution is 2.46. The molecule has 0 saturated carbocycles. The van der Waals surface area contributed by atoms with Gasteiger partial charge in [0.1, 0.15) is 17.1 Å². The second kappa shape index (κ2) is 13.1. The van der Waals surface area contributed by atoms with Crippen LogP contribution in [0.4, 0.5) is 5.13 Å². The van der Waals surface area contributed by atoms with Gasteiger partial charge in [-0.2, -0.15) is 0 Å². The van der Waals surface area contributed by atoms with Crippen molar-refractivity contribution < 1.29 is 28.9 Å². The number of aryl methyl sites for hydroxylation is 2. The van der Waals surface area contributed by atoms with E-state index < -0.39 is 17.7 Å². The topological polar surface area (TPSA) is 115 Å². The van der Waals surface area contributed by atoms with E-state index in [1.165, 1.54) is 16.2 Å². The van der Waals surface area contributed by atoms with Crippen molar-refractivity contribution in [3.8, 4) is 17.2 Å². The van der Waals surface area contributed by atoms with E-state index in [0.29, 0.717) is 70.5 Å². The van der Waals surface area contributed by atoms with Crippen LogP contribution in [0.15, 0.2) is 60.3 Å². The molecule has 4 heterocycles. The van der Waals surface area contributed by atoms with E-state index in [0.717, 1.165) is 16.7 Å². The average Bonchev–Trinajstić information content (AvgIpc) is 3.69. The highest BCUT2D eigenvalue weighted by atomic mass is 32.1. The predicted octanol–water partition coefficient (Wildman–Crippen LogP) is 7.41. The molecule has 10 nitrogen and oxygen atoms in total. The Morgan fingerprint density at radius 3 is 2.49 bits per heavy atom. The van der Waals surface area contributed by atoms with Crippen molar-refractivity contribution >= 4 is 49.8 Å². The Labute approximate surface area is 277 Å². The number of ketones is 1. The molecule has 0 spiro atoms. The average molecular weight is 655 g/mol. The highest BCUT2D eigenvalue weighted by molar-refractivity contribution is 7.22. The first kappa shape index (κ1) is 32.1. The maximum Gasteiger partial charge on any atom is 0.301 e. The van der Waals surface area contributed by atoms with Crippen molar-refractivity contribution in [1.29, 1.82) is 0 Å². The zero-order chi connectivity index (χ0) is 33.4. The molecule has 6 rings (SSSR count). The summed E-state index contributed by atoms with van der Waals surface area (Å²) in [6.45, 7) is 13.2. The number of aliphatic hydroxyl groups excluding tert-OH is 1. The minimum Gasteiger partial charge on any atom is -0.505 e. The molecule has 0 radical (unpaired) electrons. The van der Waals surface area contributed by atoms with E-state index in [2.05, 4.69) is 13.8 Å². The van der Waals surface area contributed by atoms with E-state index >= 15 is 0 Å². The Morgan fingerprint density at radius 1 is 0.979 bits per heavy atom. The lowest BCUT2D eigenvalue weighted by Gasteiger charge is -2.24. The summed E-state index contributed by atoms with van der Waals surface area (Å²) in [6.07, 6.45) is 2.72. The smallest absolute Gasteiger partial charge is 0.301 e. The Morgan fingerprint density at radius 2 is 1.77 bits per heavy atom. The fraction of sp³-hybridized carbons (Fsp3) is 0.333. The number of pyridine rings is 1. The number of Topliss-reactive ketones (excluding diaryl/α,β-unsaturated/α-hetero) is 1. The normalized spacial score (nSPS) is 16.1. The largest absolute Gasteiger partial charge is 0.505 e. The summed E-state index contributed by atoms with van der Waals surface area (Å²) >= 11 is 1.27. The number of benzene rings is 2. The molecule has 0 bridgehead atoms. The SMILES string of the molecule is CCOc1ccc2nc(N3C(=O)C(=O)/C(=C(/O)c4nc5c(C)cccn5c4C)C3c3ccc(OCCC(C)C)c(OCC)c3)sc2c1. The first-order valence-electron chi connectivity index (χ1n) is 15.8. The number of hydrogen-bond donors (Lipinski definition) is 1. The van der Waals surface area contributed by atoms with Gasteiger partial charge in [0.2, 0.25) is 0 Å². The van der Waals surface area contributed by atoms with Crippen LogP contribution >= 0.6 is 11.3 Å². The molecular weight excluding hydrogens is 616 g/mol. The zero-order valence-corrected chi connectivity index (χ0v) is 28.2. The number of aromatic nitrogens is 3. The van der Waals surface area contributed by atoms with Crippen LogP contribution in [0.2, 0.25) is 0 Å². The number of fused-ring (bicyclic) bond motifs is 2. The molecule has 244 valence electrons.